The van der Waals surface area contributed by atoms with Crippen molar-refractivity contribution in [1.29, 1.82) is 0 Å². The summed E-state index contributed by atoms with van der Waals surface area (Å²) in [5.74, 6) is -1.32. The van der Waals surface area contributed by atoms with E-state index in [1.54, 1.807) is 0 Å². The number of aliphatic hydroxyl groups excluding tert-OH is 2. The van der Waals surface area contributed by atoms with Gasteiger partial charge in [0, 0.05) is 23.0 Å². The Kier molecular flexibility index (Phi) is 5.40. The Morgan fingerprint density at radius 1 is 1.42 bits per heavy atom. The Hall–Kier alpha value is -1.51. The SMILES string of the molecule is O=C(O)c1ccc([N+](=O)[O-])cc1C(O)C(O)CCBr. The van der Waals surface area contributed by atoms with Gasteiger partial charge >= 0.3 is 5.97 Å². The first-order chi connectivity index (χ1) is 8.88. The first kappa shape index (κ1) is 15.5. The lowest BCUT2D eigenvalue weighted by Crippen LogP contribution is -2.21. The summed E-state index contributed by atoms with van der Waals surface area (Å²) in [6, 6.07) is 3.04. The molecule has 0 saturated heterocycles. The number of alkyl halides is 1. The zero-order valence-electron chi connectivity index (χ0n) is 9.69. The standard InChI is InChI=1S/C11H12BrNO6/c12-4-3-9(14)10(15)8-5-6(13(18)19)1-2-7(8)11(16)17/h1-2,5,9-10,14-15H,3-4H2,(H,16,17). The Morgan fingerprint density at radius 3 is 2.53 bits per heavy atom. The molecule has 1 rings (SSSR count). The number of nitrogens with zero attached hydrogens (tertiary/aromatic N) is 1. The van der Waals surface area contributed by atoms with Gasteiger partial charge in [0.25, 0.3) is 5.69 Å². The number of hydrogen-bond donors (Lipinski definition) is 3. The maximum Gasteiger partial charge on any atom is 0.336 e. The predicted octanol–water partition coefficient (Wildman–Crippen LogP) is 1.47. The molecule has 0 amide bonds. The summed E-state index contributed by atoms with van der Waals surface area (Å²) in [5, 5.41) is 39.6. The largest absolute Gasteiger partial charge is 0.478 e. The topological polar surface area (TPSA) is 121 Å². The highest BCUT2D eigenvalue weighted by Crippen LogP contribution is 2.27. The number of nitro groups is 1. The number of aliphatic hydroxyl groups is 2. The molecule has 2 atom stereocenters. The molecule has 0 fully saturated rings. The van der Waals surface area contributed by atoms with Crippen LogP contribution in [0.25, 0.3) is 0 Å². The normalized spacial score (nSPS) is 13.8. The van der Waals surface area contributed by atoms with Crippen molar-refractivity contribution in [3.05, 3.63) is 39.4 Å². The number of nitro benzene ring substituents is 1. The molecule has 0 aliphatic carbocycles. The van der Waals surface area contributed by atoms with E-state index in [0.717, 1.165) is 18.2 Å². The van der Waals surface area contributed by atoms with Crippen LogP contribution < -0.4 is 0 Å². The van der Waals surface area contributed by atoms with Crippen LogP contribution in [0.2, 0.25) is 0 Å². The summed E-state index contributed by atoms with van der Waals surface area (Å²) >= 11 is 3.08. The van der Waals surface area contributed by atoms with Gasteiger partial charge in [-0.1, -0.05) is 15.9 Å². The van der Waals surface area contributed by atoms with E-state index in [-0.39, 0.29) is 23.2 Å². The predicted molar refractivity (Wildman–Crippen MR) is 69.4 cm³/mol. The minimum atomic E-state index is -1.50. The third kappa shape index (κ3) is 3.72. The Labute approximate surface area is 116 Å². The Balaban J connectivity index is 3.24. The van der Waals surface area contributed by atoms with Crippen LogP contribution in [0.1, 0.15) is 28.4 Å². The Morgan fingerprint density at radius 2 is 2.05 bits per heavy atom. The second-order valence-electron chi connectivity index (χ2n) is 3.82. The highest BCUT2D eigenvalue weighted by atomic mass is 79.9. The van der Waals surface area contributed by atoms with Crippen molar-refractivity contribution in [2.24, 2.45) is 0 Å². The van der Waals surface area contributed by atoms with E-state index < -0.39 is 23.1 Å². The van der Waals surface area contributed by atoms with Gasteiger partial charge in [-0.2, -0.15) is 0 Å². The molecule has 8 heteroatoms. The lowest BCUT2D eigenvalue weighted by molar-refractivity contribution is -0.385. The lowest BCUT2D eigenvalue weighted by atomic mass is 9.97. The average molecular weight is 334 g/mol. The third-order valence-electron chi connectivity index (χ3n) is 2.56. The molecule has 1 aromatic rings. The number of benzene rings is 1. The van der Waals surface area contributed by atoms with Crippen molar-refractivity contribution in [3.63, 3.8) is 0 Å². The molecule has 3 N–H and O–H groups in total. The lowest BCUT2D eigenvalue weighted by Gasteiger charge is -2.18. The average Bonchev–Trinajstić information content (AvgIpc) is 2.37. The minimum Gasteiger partial charge on any atom is -0.478 e. The molecule has 0 aliphatic heterocycles. The smallest absolute Gasteiger partial charge is 0.336 e. The molecule has 0 saturated carbocycles. The van der Waals surface area contributed by atoms with Crippen LogP contribution in [0.15, 0.2) is 18.2 Å². The molecular formula is C11H12BrNO6. The van der Waals surface area contributed by atoms with Gasteiger partial charge in [-0.05, 0) is 12.5 Å². The van der Waals surface area contributed by atoms with Gasteiger partial charge in [0.2, 0.25) is 0 Å². The van der Waals surface area contributed by atoms with E-state index in [1.165, 1.54) is 0 Å². The van der Waals surface area contributed by atoms with Gasteiger partial charge in [-0.25, -0.2) is 4.79 Å². The van der Waals surface area contributed by atoms with Gasteiger partial charge < -0.3 is 15.3 Å². The first-order valence-electron chi connectivity index (χ1n) is 5.32. The summed E-state index contributed by atoms with van der Waals surface area (Å²) in [6.45, 7) is 0. The molecule has 19 heavy (non-hydrogen) atoms. The molecule has 7 nitrogen and oxygen atoms in total. The summed E-state index contributed by atoms with van der Waals surface area (Å²) < 4.78 is 0. The second kappa shape index (κ2) is 6.60. The first-order valence-corrected chi connectivity index (χ1v) is 6.44. The monoisotopic (exact) mass is 333 g/mol. The fraction of sp³-hybridized carbons (Fsp3) is 0.364. The van der Waals surface area contributed by atoms with E-state index in [1.807, 2.05) is 0 Å². The zero-order valence-corrected chi connectivity index (χ0v) is 11.3. The molecule has 0 heterocycles. The Bertz CT molecular complexity index is 492. The van der Waals surface area contributed by atoms with Gasteiger partial charge in [0.1, 0.15) is 6.10 Å². The highest BCUT2D eigenvalue weighted by Gasteiger charge is 2.25. The van der Waals surface area contributed by atoms with Crippen LogP contribution in [0.3, 0.4) is 0 Å². The zero-order chi connectivity index (χ0) is 14.6. The van der Waals surface area contributed by atoms with Crippen molar-refractivity contribution in [2.45, 2.75) is 18.6 Å². The molecule has 0 aromatic heterocycles. The van der Waals surface area contributed by atoms with E-state index >= 15 is 0 Å². The van der Waals surface area contributed by atoms with E-state index in [0.29, 0.717) is 5.33 Å². The third-order valence-corrected chi connectivity index (χ3v) is 3.02. The fourth-order valence-corrected chi connectivity index (χ4v) is 2.05. The van der Waals surface area contributed by atoms with Crippen molar-refractivity contribution >= 4 is 27.6 Å². The van der Waals surface area contributed by atoms with Gasteiger partial charge in [0.15, 0.2) is 0 Å². The van der Waals surface area contributed by atoms with E-state index in [2.05, 4.69) is 15.9 Å². The number of carbonyl (C=O) groups is 1. The van der Waals surface area contributed by atoms with Gasteiger partial charge in [0.05, 0.1) is 16.6 Å². The molecule has 0 bridgehead atoms. The van der Waals surface area contributed by atoms with Crippen molar-refractivity contribution < 1.29 is 25.0 Å². The second-order valence-corrected chi connectivity index (χ2v) is 4.62. The number of aromatic carboxylic acids is 1. The number of hydrogen-bond acceptors (Lipinski definition) is 5. The van der Waals surface area contributed by atoms with Crippen LogP contribution in [-0.2, 0) is 0 Å². The molecule has 0 spiro atoms. The molecule has 0 radical (unpaired) electrons. The molecular weight excluding hydrogens is 322 g/mol. The number of carboxylic acids is 1. The van der Waals surface area contributed by atoms with E-state index in [9.17, 15) is 25.1 Å². The van der Waals surface area contributed by atoms with Gasteiger partial charge in [-0.15, -0.1) is 0 Å². The minimum absolute atomic E-state index is 0.171. The number of rotatable bonds is 6. The summed E-state index contributed by atoms with van der Waals surface area (Å²) in [7, 11) is 0. The molecule has 2 unspecified atom stereocenters. The molecule has 1 aromatic carbocycles. The maximum atomic E-state index is 11.0. The number of non-ortho nitro benzene ring substituents is 1. The maximum absolute atomic E-state index is 11.0. The molecule has 0 aliphatic rings. The molecule has 104 valence electrons. The van der Waals surface area contributed by atoms with Crippen LogP contribution in [-0.4, -0.2) is 37.6 Å². The van der Waals surface area contributed by atoms with Crippen molar-refractivity contribution in [3.8, 4) is 0 Å². The summed E-state index contributed by atoms with van der Waals surface area (Å²) in [4.78, 5) is 21.0. The van der Waals surface area contributed by atoms with Crippen LogP contribution >= 0.6 is 15.9 Å². The van der Waals surface area contributed by atoms with Gasteiger partial charge in [-0.3, -0.25) is 10.1 Å². The fourth-order valence-electron chi connectivity index (χ4n) is 1.58. The highest BCUT2D eigenvalue weighted by molar-refractivity contribution is 9.09. The number of carboxylic acid groups (broad SMARTS) is 1. The van der Waals surface area contributed by atoms with Crippen molar-refractivity contribution in [2.75, 3.05) is 5.33 Å². The summed E-state index contributed by atoms with van der Waals surface area (Å²) in [6.07, 6.45) is -2.52. The van der Waals surface area contributed by atoms with Crippen LogP contribution in [0, 0.1) is 10.1 Å². The van der Waals surface area contributed by atoms with E-state index in [4.69, 9.17) is 5.11 Å². The van der Waals surface area contributed by atoms with Crippen molar-refractivity contribution in [1.82, 2.24) is 0 Å². The quantitative estimate of drug-likeness (QED) is 0.411. The van der Waals surface area contributed by atoms with Crippen LogP contribution in [0.4, 0.5) is 5.69 Å². The summed E-state index contributed by atoms with van der Waals surface area (Å²) in [5.41, 5.74) is -0.785. The van der Waals surface area contributed by atoms with Crippen LogP contribution in [0.5, 0.6) is 0 Å². The number of halogens is 1.